The molecule has 0 aromatic carbocycles. The maximum Gasteiger partial charge on any atom is 0.256 e. The Hall–Kier alpha value is -2.16. The van der Waals surface area contributed by atoms with E-state index in [0.29, 0.717) is 24.2 Å². The number of amides is 3. The summed E-state index contributed by atoms with van der Waals surface area (Å²) in [6.45, 7) is 2.47. The first-order valence-electron chi connectivity index (χ1n) is 13.2. The number of methoxy groups -OCH3 is 2. The van der Waals surface area contributed by atoms with E-state index in [0.717, 1.165) is 17.7 Å². The average molecular weight is 541 g/mol. The van der Waals surface area contributed by atoms with Gasteiger partial charge in [-0.2, -0.15) is 0 Å². The van der Waals surface area contributed by atoms with Gasteiger partial charge in [-0.05, 0) is 24.8 Å². The zero-order valence-electron chi connectivity index (χ0n) is 22.9. The Morgan fingerprint density at radius 2 is 1.95 bits per heavy atom. The molecule has 1 unspecified atom stereocenters. The fraction of sp³-hybridized carbons (Fsp3) is 0.679. The molecule has 1 fully saturated rings. The van der Waals surface area contributed by atoms with Crippen LogP contribution in [0.1, 0.15) is 77.6 Å². The number of likely N-dealkylation sites (N-methyl/N-ethyl adjacent to an activating group) is 1. The third-order valence-corrected chi connectivity index (χ3v) is 6.70. The summed E-state index contributed by atoms with van der Waals surface area (Å²) in [6.07, 6.45) is 14.0. The zero-order chi connectivity index (χ0) is 27.6. The van der Waals surface area contributed by atoms with Crippen LogP contribution < -0.4 is 0 Å². The van der Waals surface area contributed by atoms with Crippen LogP contribution in [0, 0.1) is 0 Å². The lowest BCUT2D eigenvalue weighted by atomic mass is 10.1. The summed E-state index contributed by atoms with van der Waals surface area (Å²) in [5.74, 6) is -0.670. The molecule has 0 aromatic heterocycles. The van der Waals surface area contributed by atoms with Crippen LogP contribution in [0.25, 0.3) is 0 Å². The minimum atomic E-state index is -0.842. The number of rotatable bonds is 18. The minimum Gasteiger partial charge on any atom is -0.501 e. The highest BCUT2D eigenvalue weighted by atomic mass is 35.5. The number of unbranched alkanes of at least 4 members (excludes halogenated alkanes) is 4. The lowest BCUT2D eigenvalue weighted by molar-refractivity contribution is -0.139. The van der Waals surface area contributed by atoms with Crippen molar-refractivity contribution in [3.63, 3.8) is 0 Å². The summed E-state index contributed by atoms with van der Waals surface area (Å²) < 4.78 is 10.9. The number of hydrogen-bond donors (Lipinski definition) is 1. The second-order valence-electron chi connectivity index (χ2n) is 9.52. The van der Waals surface area contributed by atoms with Gasteiger partial charge in [0.05, 0.1) is 32.3 Å². The van der Waals surface area contributed by atoms with Crippen molar-refractivity contribution in [3.05, 3.63) is 35.1 Å². The summed E-state index contributed by atoms with van der Waals surface area (Å²) in [4.78, 5) is 39.4. The number of ether oxygens (including phenoxy) is 2. The predicted octanol–water partition coefficient (Wildman–Crippen LogP) is 4.71. The van der Waals surface area contributed by atoms with Gasteiger partial charge >= 0.3 is 0 Å². The molecule has 1 N–H and O–H groups in total. The molecule has 0 bridgehead atoms. The average Bonchev–Trinajstić information content (AvgIpc) is 3.23. The molecular formula is C28H45ClN2O6. The number of imide groups is 1. The third kappa shape index (κ3) is 13.3. The predicted molar refractivity (Wildman–Crippen MR) is 146 cm³/mol. The molecule has 1 aliphatic heterocycles. The smallest absolute Gasteiger partial charge is 0.256 e. The summed E-state index contributed by atoms with van der Waals surface area (Å²) in [7, 11) is 4.88. The molecule has 0 saturated carbocycles. The maximum absolute atomic E-state index is 12.6. The quantitative estimate of drug-likeness (QED) is 0.117. The van der Waals surface area contributed by atoms with Crippen LogP contribution >= 0.6 is 11.6 Å². The van der Waals surface area contributed by atoms with E-state index in [4.69, 9.17) is 21.1 Å². The molecule has 8 nitrogen and oxygen atoms in total. The molecule has 37 heavy (non-hydrogen) atoms. The molecule has 1 saturated heterocycles. The number of carbonyl (C=O) groups excluding carboxylic acids is 3. The van der Waals surface area contributed by atoms with Gasteiger partial charge < -0.3 is 19.5 Å². The molecule has 9 heteroatoms. The van der Waals surface area contributed by atoms with E-state index < -0.39 is 17.9 Å². The standard InChI is InChI=1S/C28H45ClN2O6/c1-5-6-7-8-10-13-24(36-3)14-11-9-12-15-26(33)30(2)20-22(19-29)16-25(37-4)18-28(35)31-21-23(32)17-27(31)34/h9,11,18-19,23-24,32H,5-8,10,12-17,20-21H2,1-4H3/b11-9+,22-19+,25-18+/t23?,24-/m0/s1. The van der Waals surface area contributed by atoms with Gasteiger partial charge in [-0.15, -0.1) is 0 Å². The van der Waals surface area contributed by atoms with Crippen molar-refractivity contribution in [2.75, 3.05) is 34.4 Å². The van der Waals surface area contributed by atoms with Gasteiger partial charge in [-0.1, -0.05) is 62.8 Å². The van der Waals surface area contributed by atoms with Gasteiger partial charge in [0, 0.05) is 45.2 Å². The Morgan fingerprint density at radius 3 is 2.54 bits per heavy atom. The lowest BCUT2D eigenvalue weighted by Crippen LogP contribution is -2.32. The van der Waals surface area contributed by atoms with Crippen LogP contribution in [0.4, 0.5) is 0 Å². The Kier molecular flexibility index (Phi) is 16.9. The molecular weight excluding hydrogens is 496 g/mol. The van der Waals surface area contributed by atoms with E-state index in [1.807, 2.05) is 6.08 Å². The fourth-order valence-corrected chi connectivity index (χ4v) is 4.26. The number of allylic oxidation sites excluding steroid dienone is 2. The Bertz CT molecular complexity index is 810. The first-order chi connectivity index (χ1) is 17.7. The summed E-state index contributed by atoms with van der Waals surface area (Å²) in [5.41, 5.74) is 2.06. The van der Waals surface area contributed by atoms with E-state index in [2.05, 4.69) is 13.0 Å². The van der Waals surface area contributed by atoms with Crippen molar-refractivity contribution in [2.24, 2.45) is 0 Å². The molecule has 1 rings (SSSR count). The van der Waals surface area contributed by atoms with Gasteiger partial charge in [-0.25, -0.2) is 0 Å². The number of aliphatic hydroxyl groups excluding tert-OH is 1. The molecule has 2 atom stereocenters. The van der Waals surface area contributed by atoms with Crippen LogP contribution in [0.3, 0.4) is 0 Å². The van der Waals surface area contributed by atoms with Crippen molar-refractivity contribution in [2.45, 2.75) is 89.8 Å². The Balaban J connectivity index is 2.45. The fourth-order valence-electron chi connectivity index (χ4n) is 4.12. The van der Waals surface area contributed by atoms with Crippen LogP contribution in [-0.4, -0.2) is 79.2 Å². The van der Waals surface area contributed by atoms with Gasteiger partial charge in [0.15, 0.2) is 0 Å². The number of halogens is 1. The first kappa shape index (κ1) is 32.9. The molecule has 1 heterocycles. The van der Waals surface area contributed by atoms with Crippen LogP contribution in [0.2, 0.25) is 0 Å². The number of nitrogens with zero attached hydrogens (tertiary/aromatic N) is 2. The largest absolute Gasteiger partial charge is 0.501 e. The summed E-state index contributed by atoms with van der Waals surface area (Å²) in [6, 6.07) is 0. The molecule has 0 aromatic rings. The molecule has 210 valence electrons. The van der Waals surface area contributed by atoms with E-state index in [1.165, 1.54) is 50.8 Å². The molecule has 0 spiro atoms. The van der Waals surface area contributed by atoms with Crippen molar-refractivity contribution >= 4 is 29.3 Å². The number of aliphatic hydroxyl groups is 1. The van der Waals surface area contributed by atoms with E-state index in [-0.39, 0.29) is 37.9 Å². The summed E-state index contributed by atoms with van der Waals surface area (Å²) >= 11 is 5.98. The number of β-amino-alcohol motifs (C(OH)–C–C–N with tert-alkyl or cyclic N) is 1. The third-order valence-electron chi connectivity index (χ3n) is 6.39. The lowest BCUT2D eigenvalue weighted by Gasteiger charge is -2.19. The van der Waals surface area contributed by atoms with Crippen LogP contribution in [0.5, 0.6) is 0 Å². The Labute approximate surface area is 227 Å². The Morgan fingerprint density at radius 1 is 1.22 bits per heavy atom. The van der Waals surface area contributed by atoms with Crippen molar-refractivity contribution in [1.29, 1.82) is 0 Å². The molecule has 0 aliphatic carbocycles. The van der Waals surface area contributed by atoms with Gasteiger partial charge in [0.25, 0.3) is 5.91 Å². The maximum atomic E-state index is 12.6. The van der Waals surface area contributed by atoms with Crippen LogP contribution in [0.15, 0.2) is 35.1 Å². The zero-order valence-corrected chi connectivity index (χ0v) is 23.7. The SMILES string of the molecule is CCCCCCC[C@@H](C/C=C/CCC(=O)N(C)C/C(=C/Cl)C/C(=C\C(=O)N1CC(O)CC1=O)OC)OC. The molecule has 1 aliphatic rings. The van der Waals surface area contributed by atoms with E-state index >= 15 is 0 Å². The van der Waals surface area contributed by atoms with Gasteiger partial charge in [0.2, 0.25) is 11.8 Å². The highest BCUT2D eigenvalue weighted by molar-refractivity contribution is 6.25. The number of carbonyl (C=O) groups is 3. The second-order valence-corrected chi connectivity index (χ2v) is 9.73. The van der Waals surface area contributed by atoms with E-state index in [9.17, 15) is 19.5 Å². The van der Waals surface area contributed by atoms with Crippen molar-refractivity contribution in [1.82, 2.24) is 9.80 Å². The highest BCUT2D eigenvalue weighted by Crippen LogP contribution is 2.18. The highest BCUT2D eigenvalue weighted by Gasteiger charge is 2.32. The van der Waals surface area contributed by atoms with E-state index in [1.54, 1.807) is 19.1 Å². The van der Waals surface area contributed by atoms with Crippen molar-refractivity contribution < 1.29 is 29.0 Å². The first-order valence-corrected chi connectivity index (χ1v) is 13.7. The van der Waals surface area contributed by atoms with Crippen LogP contribution in [-0.2, 0) is 23.9 Å². The number of likely N-dealkylation sites (tertiary alicyclic amines) is 1. The monoisotopic (exact) mass is 540 g/mol. The topological polar surface area (TPSA) is 96.4 Å². The number of hydrogen-bond acceptors (Lipinski definition) is 6. The molecule has 3 amide bonds. The van der Waals surface area contributed by atoms with Crippen molar-refractivity contribution in [3.8, 4) is 0 Å². The van der Waals surface area contributed by atoms with Gasteiger partial charge in [-0.3, -0.25) is 19.3 Å². The molecule has 0 radical (unpaired) electrons. The normalized spacial score (nSPS) is 17.5. The second kappa shape index (κ2) is 19.0. The van der Waals surface area contributed by atoms with Gasteiger partial charge in [0.1, 0.15) is 5.76 Å². The minimum absolute atomic E-state index is 0.0180. The summed E-state index contributed by atoms with van der Waals surface area (Å²) in [5, 5.41) is 9.59.